The Kier molecular flexibility index (Phi) is 5.98. The summed E-state index contributed by atoms with van der Waals surface area (Å²) in [5, 5.41) is 3.33. The standard InChI is InChI=1S/C15H22N2O/c1-4-13-8-7-9-14(12-13)16-10-11-17(6-3)15(18)5-2/h5,7-9,12,16H,2,4,6,10-11H2,1,3H3. The molecule has 18 heavy (non-hydrogen) atoms. The molecule has 0 spiro atoms. The zero-order valence-electron chi connectivity index (χ0n) is 11.3. The van der Waals surface area contributed by atoms with Gasteiger partial charge in [-0.05, 0) is 37.1 Å². The van der Waals surface area contributed by atoms with Gasteiger partial charge in [0, 0.05) is 25.3 Å². The second-order valence-electron chi connectivity index (χ2n) is 4.10. The molecule has 0 atom stereocenters. The van der Waals surface area contributed by atoms with E-state index >= 15 is 0 Å². The quantitative estimate of drug-likeness (QED) is 0.750. The Bertz CT molecular complexity index is 401. The first-order chi connectivity index (χ1) is 8.71. The lowest BCUT2D eigenvalue weighted by Gasteiger charge is -2.19. The average molecular weight is 246 g/mol. The van der Waals surface area contributed by atoms with E-state index in [0.29, 0.717) is 13.1 Å². The van der Waals surface area contributed by atoms with Crippen LogP contribution in [0.5, 0.6) is 0 Å². The normalized spacial score (nSPS) is 9.89. The SMILES string of the molecule is C=CC(=O)N(CC)CCNc1cccc(CC)c1. The first-order valence-corrected chi connectivity index (χ1v) is 6.45. The van der Waals surface area contributed by atoms with E-state index in [4.69, 9.17) is 0 Å². The van der Waals surface area contributed by atoms with E-state index in [-0.39, 0.29) is 5.91 Å². The molecule has 1 aromatic rings. The Balaban J connectivity index is 2.44. The van der Waals surface area contributed by atoms with Crippen LogP contribution >= 0.6 is 0 Å². The number of anilines is 1. The van der Waals surface area contributed by atoms with Crippen LogP contribution in [0.25, 0.3) is 0 Å². The first kappa shape index (κ1) is 14.3. The molecule has 0 aliphatic heterocycles. The predicted octanol–water partition coefficient (Wildman–Crippen LogP) is 2.70. The zero-order chi connectivity index (χ0) is 13.4. The van der Waals surface area contributed by atoms with Crippen molar-refractivity contribution >= 4 is 11.6 Å². The van der Waals surface area contributed by atoms with E-state index < -0.39 is 0 Å². The molecule has 0 heterocycles. The number of hydrogen-bond donors (Lipinski definition) is 1. The number of likely N-dealkylation sites (N-methyl/N-ethyl adjacent to an activating group) is 1. The monoisotopic (exact) mass is 246 g/mol. The fourth-order valence-corrected chi connectivity index (χ4v) is 1.79. The number of rotatable bonds is 7. The third kappa shape index (κ3) is 4.24. The van der Waals surface area contributed by atoms with E-state index in [2.05, 4.69) is 31.0 Å². The molecule has 1 rings (SSSR count). The molecule has 0 fully saturated rings. The Morgan fingerprint density at radius 3 is 2.83 bits per heavy atom. The lowest BCUT2D eigenvalue weighted by Crippen LogP contribution is -2.33. The van der Waals surface area contributed by atoms with Crippen molar-refractivity contribution in [3.63, 3.8) is 0 Å². The van der Waals surface area contributed by atoms with Crippen molar-refractivity contribution < 1.29 is 4.79 Å². The fourth-order valence-electron chi connectivity index (χ4n) is 1.79. The number of nitrogens with one attached hydrogen (secondary N) is 1. The number of hydrogen-bond acceptors (Lipinski definition) is 2. The van der Waals surface area contributed by atoms with Gasteiger partial charge in [0.1, 0.15) is 0 Å². The largest absolute Gasteiger partial charge is 0.383 e. The van der Waals surface area contributed by atoms with Gasteiger partial charge in [0.05, 0.1) is 0 Å². The Morgan fingerprint density at radius 1 is 1.44 bits per heavy atom. The maximum Gasteiger partial charge on any atom is 0.246 e. The Morgan fingerprint density at radius 2 is 2.22 bits per heavy atom. The molecule has 3 heteroatoms. The molecule has 0 saturated heterocycles. The van der Waals surface area contributed by atoms with Crippen molar-refractivity contribution in [2.24, 2.45) is 0 Å². The molecule has 0 bridgehead atoms. The molecule has 1 aromatic carbocycles. The van der Waals surface area contributed by atoms with Crippen molar-refractivity contribution in [1.29, 1.82) is 0 Å². The molecule has 1 N–H and O–H groups in total. The lowest BCUT2D eigenvalue weighted by molar-refractivity contribution is -0.125. The summed E-state index contributed by atoms with van der Waals surface area (Å²) in [6, 6.07) is 8.36. The molecule has 1 amide bonds. The molecule has 0 saturated carbocycles. The number of nitrogens with zero attached hydrogens (tertiary/aromatic N) is 1. The minimum absolute atomic E-state index is 0.0124. The van der Waals surface area contributed by atoms with E-state index in [9.17, 15) is 4.79 Å². The average Bonchev–Trinajstić information content (AvgIpc) is 2.43. The van der Waals surface area contributed by atoms with E-state index in [0.717, 1.165) is 18.7 Å². The maximum atomic E-state index is 11.5. The molecule has 0 radical (unpaired) electrons. The third-order valence-electron chi connectivity index (χ3n) is 2.91. The molecular weight excluding hydrogens is 224 g/mol. The van der Waals surface area contributed by atoms with Gasteiger partial charge in [0.2, 0.25) is 5.91 Å². The highest BCUT2D eigenvalue weighted by Gasteiger charge is 2.06. The van der Waals surface area contributed by atoms with Crippen molar-refractivity contribution in [1.82, 2.24) is 4.90 Å². The summed E-state index contributed by atoms with van der Waals surface area (Å²) >= 11 is 0. The van der Waals surface area contributed by atoms with Gasteiger partial charge in [-0.3, -0.25) is 4.79 Å². The highest BCUT2D eigenvalue weighted by Crippen LogP contribution is 2.10. The summed E-state index contributed by atoms with van der Waals surface area (Å²) in [6.07, 6.45) is 2.40. The van der Waals surface area contributed by atoms with E-state index in [1.807, 2.05) is 19.1 Å². The lowest BCUT2D eigenvalue weighted by atomic mass is 10.1. The van der Waals surface area contributed by atoms with Crippen LogP contribution in [0, 0.1) is 0 Å². The van der Waals surface area contributed by atoms with Gasteiger partial charge in [-0.1, -0.05) is 25.6 Å². The van der Waals surface area contributed by atoms with Gasteiger partial charge in [-0.15, -0.1) is 0 Å². The summed E-state index contributed by atoms with van der Waals surface area (Å²) < 4.78 is 0. The van der Waals surface area contributed by atoms with Crippen molar-refractivity contribution in [3.8, 4) is 0 Å². The zero-order valence-corrected chi connectivity index (χ0v) is 11.3. The highest BCUT2D eigenvalue weighted by molar-refractivity contribution is 5.86. The number of benzene rings is 1. The van der Waals surface area contributed by atoms with Gasteiger partial charge >= 0.3 is 0 Å². The molecule has 0 unspecified atom stereocenters. The Labute approximate surface area is 109 Å². The topological polar surface area (TPSA) is 32.3 Å². The van der Waals surface area contributed by atoms with Gasteiger partial charge in [-0.2, -0.15) is 0 Å². The summed E-state index contributed by atoms with van der Waals surface area (Å²) in [4.78, 5) is 13.2. The molecule has 0 aromatic heterocycles. The van der Waals surface area contributed by atoms with Gasteiger partial charge in [0.15, 0.2) is 0 Å². The maximum absolute atomic E-state index is 11.5. The summed E-state index contributed by atoms with van der Waals surface area (Å²) in [7, 11) is 0. The van der Waals surface area contributed by atoms with Gasteiger partial charge in [0.25, 0.3) is 0 Å². The predicted molar refractivity (Wildman–Crippen MR) is 76.8 cm³/mol. The summed E-state index contributed by atoms with van der Waals surface area (Å²) in [5.41, 5.74) is 2.42. The highest BCUT2D eigenvalue weighted by atomic mass is 16.2. The van der Waals surface area contributed by atoms with Crippen LogP contribution in [0.2, 0.25) is 0 Å². The van der Waals surface area contributed by atoms with Crippen LogP contribution in [0.4, 0.5) is 5.69 Å². The minimum atomic E-state index is -0.0124. The van der Waals surface area contributed by atoms with Crippen LogP contribution in [-0.2, 0) is 11.2 Å². The number of carbonyl (C=O) groups excluding carboxylic acids is 1. The third-order valence-corrected chi connectivity index (χ3v) is 2.91. The van der Waals surface area contributed by atoms with Crippen molar-refractivity contribution in [3.05, 3.63) is 42.5 Å². The van der Waals surface area contributed by atoms with E-state index in [1.165, 1.54) is 11.6 Å². The molecule has 98 valence electrons. The molecule has 0 aliphatic carbocycles. The van der Waals surface area contributed by atoms with Crippen molar-refractivity contribution in [2.45, 2.75) is 20.3 Å². The summed E-state index contributed by atoms with van der Waals surface area (Å²) in [6.45, 7) is 9.77. The van der Waals surface area contributed by atoms with E-state index in [1.54, 1.807) is 4.90 Å². The van der Waals surface area contributed by atoms with Gasteiger partial charge in [-0.25, -0.2) is 0 Å². The van der Waals surface area contributed by atoms with Crippen LogP contribution < -0.4 is 5.32 Å². The number of aryl methyl sites for hydroxylation is 1. The van der Waals surface area contributed by atoms with Crippen LogP contribution in [0.1, 0.15) is 19.4 Å². The second-order valence-corrected chi connectivity index (χ2v) is 4.10. The molecule has 3 nitrogen and oxygen atoms in total. The molecule has 0 aliphatic rings. The fraction of sp³-hybridized carbons (Fsp3) is 0.400. The molecular formula is C15H22N2O. The smallest absolute Gasteiger partial charge is 0.246 e. The second kappa shape index (κ2) is 7.54. The first-order valence-electron chi connectivity index (χ1n) is 6.45. The van der Waals surface area contributed by atoms with Crippen LogP contribution in [0.15, 0.2) is 36.9 Å². The van der Waals surface area contributed by atoms with Crippen LogP contribution in [-0.4, -0.2) is 30.4 Å². The van der Waals surface area contributed by atoms with Gasteiger partial charge < -0.3 is 10.2 Å². The minimum Gasteiger partial charge on any atom is -0.383 e. The van der Waals surface area contributed by atoms with Crippen molar-refractivity contribution in [2.75, 3.05) is 25.0 Å². The number of amides is 1. The number of carbonyl (C=O) groups is 1. The summed E-state index contributed by atoms with van der Waals surface area (Å²) in [5.74, 6) is -0.0124. The Hall–Kier alpha value is -1.77. The van der Waals surface area contributed by atoms with Crippen LogP contribution in [0.3, 0.4) is 0 Å².